The number of methoxy groups -OCH3 is 1. The molecule has 1 aliphatic heterocycles. The van der Waals surface area contributed by atoms with Gasteiger partial charge in [-0.3, -0.25) is 4.79 Å². The molecule has 1 aromatic heterocycles. The number of carbonyl (C=O) groups excluding carboxylic acids is 1. The zero-order valence-electron chi connectivity index (χ0n) is 11.5. The van der Waals surface area contributed by atoms with E-state index in [2.05, 4.69) is 9.97 Å². The van der Waals surface area contributed by atoms with Gasteiger partial charge in [-0.15, -0.1) is 0 Å². The normalized spacial score (nSPS) is 20.4. The van der Waals surface area contributed by atoms with Crippen LogP contribution >= 0.6 is 11.6 Å². The smallest absolute Gasteiger partial charge is 0.274 e. The molecule has 0 N–H and O–H groups in total. The average Bonchev–Trinajstić information content (AvgIpc) is 2.80. The van der Waals surface area contributed by atoms with Gasteiger partial charge in [0.15, 0.2) is 9.84 Å². The first kappa shape index (κ1) is 16.1. The summed E-state index contributed by atoms with van der Waals surface area (Å²) in [5.41, 5.74) is 0.139. The number of sulfone groups is 1. The van der Waals surface area contributed by atoms with Gasteiger partial charge in [-0.2, -0.15) is 0 Å². The van der Waals surface area contributed by atoms with Crippen LogP contribution in [0.2, 0.25) is 5.15 Å². The lowest BCUT2D eigenvalue weighted by molar-refractivity contribution is 0.0618. The lowest BCUT2D eigenvalue weighted by Crippen LogP contribution is -2.43. The molecule has 21 heavy (non-hydrogen) atoms. The fourth-order valence-electron chi connectivity index (χ4n) is 2.23. The van der Waals surface area contributed by atoms with Gasteiger partial charge in [0.1, 0.15) is 10.8 Å². The van der Waals surface area contributed by atoms with Crippen molar-refractivity contribution in [2.75, 3.05) is 31.8 Å². The molecule has 0 saturated carbocycles. The molecular formula is C12H16ClN3O4S. The van der Waals surface area contributed by atoms with Crippen molar-refractivity contribution in [1.29, 1.82) is 0 Å². The summed E-state index contributed by atoms with van der Waals surface area (Å²) < 4.78 is 28.2. The zero-order valence-corrected chi connectivity index (χ0v) is 13.1. The fourth-order valence-corrected chi connectivity index (χ4v) is 4.06. The summed E-state index contributed by atoms with van der Waals surface area (Å²) >= 11 is 5.65. The maximum absolute atomic E-state index is 12.5. The van der Waals surface area contributed by atoms with Crippen molar-refractivity contribution >= 4 is 27.3 Å². The molecular weight excluding hydrogens is 318 g/mol. The number of hydrogen-bond donors (Lipinski definition) is 0. The molecule has 7 nitrogen and oxygen atoms in total. The second-order valence-corrected chi connectivity index (χ2v) is 7.39. The minimum atomic E-state index is -3.08. The maximum Gasteiger partial charge on any atom is 0.274 e. The van der Waals surface area contributed by atoms with Gasteiger partial charge in [-0.25, -0.2) is 18.4 Å². The summed E-state index contributed by atoms with van der Waals surface area (Å²) in [6, 6.07) is -0.352. The van der Waals surface area contributed by atoms with E-state index in [-0.39, 0.29) is 34.3 Å². The second kappa shape index (κ2) is 6.67. The van der Waals surface area contributed by atoms with Crippen molar-refractivity contribution < 1.29 is 17.9 Å². The Hall–Kier alpha value is -1.25. The standard InChI is InChI=1S/C12H16ClN3O4S/c1-20-4-3-16(9-2-5-21(18,19)8-9)12(17)10-6-15-11(13)7-14-10/h6-7,9H,2-5,8H2,1H3. The molecule has 1 saturated heterocycles. The van der Waals surface area contributed by atoms with Gasteiger partial charge in [0.25, 0.3) is 5.91 Å². The summed E-state index contributed by atoms with van der Waals surface area (Å²) in [5.74, 6) is -0.289. The third kappa shape index (κ3) is 4.12. The summed E-state index contributed by atoms with van der Waals surface area (Å²) in [4.78, 5) is 21.7. The van der Waals surface area contributed by atoms with Crippen LogP contribution in [0.5, 0.6) is 0 Å². The molecule has 1 unspecified atom stereocenters. The van der Waals surface area contributed by atoms with Gasteiger partial charge >= 0.3 is 0 Å². The number of aromatic nitrogens is 2. The molecule has 2 rings (SSSR count). The summed E-state index contributed by atoms with van der Waals surface area (Å²) in [6.45, 7) is 0.628. The van der Waals surface area contributed by atoms with E-state index in [0.717, 1.165) is 0 Å². The van der Waals surface area contributed by atoms with Gasteiger partial charge < -0.3 is 9.64 Å². The number of ether oxygens (including phenoxy) is 1. The first-order valence-electron chi connectivity index (χ1n) is 6.41. The first-order valence-corrected chi connectivity index (χ1v) is 8.61. The number of nitrogens with zero attached hydrogens (tertiary/aromatic N) is 3. The quantitative estimate of drug-likeness (QED) is 0.775. The van der Waals surface area contributed by atoms with Crippen molar-refractivity contribution in [3.8, 4) is 0 Å². The highest BCUT2D eigenvalue weighted by molar-refractivity contribution is 7.91. The summed E-state index contributed by atoms with van der Waals surface area (Å²) in [5, 5.41) is 0.193. The minimum Gasteiger partial charge on any atom is -0.383 e. The van der Waals surface area contributed by atoms with Gasteiger partial charge in [-0.1, -0.05) is 11.6 Å². The Kier molecular flexibility index (Phi) is 5.13. The van der Waals surface area contributed by atoms with Crippen LogP contribution in [0.25, 0.3) is 0 Å². The van der Waals surface area contributed by atoms with E-state index in [0.29, 0.717) is 19.6 Å². The number of amides is 1. The Morgan fingerprint density at radius 3 is 2.76 bits per heavy atom. The molecule has 1 aliphatic rings. The Labute approximate surface area is 128 Å². The monoisotopic (exact) mass is 333 g/mol. The van der Waals surface area contributed by atoms with Crippen LogP contribution in [-0.2, 0) is 14.6 Å². The Morgan fingerprint density at radius 2 is 2.24 bits per heavy atom. The number of rotatable bonds is 5. The predicted octanol–water partition coefficient (Wildman–Crippen LogP) is 0.406. The molecule has 1 atom stereocenters. The Balaban J connectivity index is 2.19. The van der Waals surface area contributed by atoms with Gasteiger partial charge in [-0.05, 0) is 6.42 Å². The molecule has 2 heterocycles. The third-order valence-electron chi connectivity index (χ3n) is 3.29. The Bertz CT molecular complexity index is 605. The number of carbonyl (C=O) groups is 1. The van der Waals surface area contributed by atoms with E-state index in [1.165, 1.54) is 24.4 Å². The first-order chi connectivity index (χ1) is 9.93. The van der Waals surface area contributed by atoms with Crippen LogP contribution in [0.3, 0.4) is 0 Å². The van der Waals surface area contributed by atoms with E-state index in [4.69, 9.17) is 16.3 Å². The molecule has 0 aliphatic carbocycles. The highest BCUT2D eigenvalue weighted by atomic mass is 35.5. The zero-order chi connectivity index (χ0) is 15.5. The molecule has 0 bridgehead atoms. The van der Waals surface area contributed by atoms with E-state index in [9.17, 15) is 13.2 Å². The molecule has 116 valence electrons. The minimum absolute atomic E-state index is 0.0243. The topological polar surface area (TPSA) is 89.5 Å². The van der Waals surface area contributed by atoms with Crippen LogP contribution in [0.4, 0.5) is 0 Å². The average molecular weight is 334 g/mol. The SMILES string of the molecule is COCCN(C(=O)c1cnc(Cl)cn1)C1CCS(=O)(=O)C1. The lowest BCUT2D eigenvalue weighted by Gasteiger charge is -2.27. The van der Waals surface area contributed by atoms with Crippen LogP contribution in [0, 0.1) is 0 Å². The van der Waals surface area contributed by atoms with Gasteiger partial charge in [0, 0.05) is 19.7 Å². The molecule has 0 spiro atoms. The van der Waals surface area contributed by atoms with Crippen LogP contribution in [0.15, 0.2) is 12.4 Å². The van der Waals surface area contributed by atoms with Crippen molar-refractivity contribution in [2.24, 2.45) is 0 Å². The highest BCUT2D eigenvalue weighted by Gasteiger charge is 2.35. The second-order valence-electron chi connectivity index (χ2n) is 4.77. The largest absolute Gasteiger partial charge is 0.383 e. The third-order valence-corrected chi connectivity index (χ3v) is 5.23. The van der Waals surface area contributed by atoms with Crippen LogP contribution in [-0.4, -0.2) is 67.0 Å². The molecule has 0 radical (unpaired) electrons. The highest BCUT2D eigenvalue weighted by Crippen LogP contribution is 2.19. The summed E-state index contributed by atoms with van der Waals surface area (Å²) in [6.07, 6.45) is 3.00. The van der Waals surface area contributed by atoms with Crippen molar-refractivity contribution in [1.82, 2.24) is 14.9 Å². The summed E-state index contributed by atoms with van der Waals surface area (Å²) in [7, 11) is -1.56. The molecule has 1 aromatic rings. The van der Waals surface area contributed by atoms with Gasteiger partial charge in [0.05, 0.1) is 30.5 Å². The Morgan fingerprint density at radius 1 is 1.48 bits per heavy atom. The number of hydrogen-bond acceptors (Lipinski definition) is 6. The molecule has 0 aromatic carbocycles. The maximum atomic E-state index is 12.5. The predicted molar refractivity (Wildman–Crippen MR) is 77.0 cm³/mol. The van der Waals surface area contributed by atoms with E-state index in [1.807, 2.05) is 0 Å². The molecule has 1 amide bonds. The van der Waals surface area contributed by atoms with Crippen LogP contribution in [0.1, 0.15) is 16.9 Å². The fraction of sp³-hybridized carbons (Fsp3) is 0.583. The van der Waals surface area contributed by atoms with Crippen molar-refractivity contribution in [3.05, 3.63) is 23.2 Å². The number of halogens is 1. The van der Waals surface area contributed by atoms with Crippen molar-refractivity contribution in [3.63, 3.8) is 0 Å². The van der Waals surface area contributed by atoms with E-state index in [1.54, 1.807) is 0 Å². The van der Waals surface area contributed by atoms with E-state index < -0.39 is 9.84 Å². The van der Waals surface area contributed by atoms with Gasteiger partial charge in [0.2, 0.25) is 0 Å². The lowest BCUT2D eigenvalue weighted by atomic mass is 10.2. The van der Waals surface area contributed by atoms with Crippen molar-refractivity contribution in [2.45, 2.75) is 12.5 Å². The molecule has 1 fully saturated rings. The van der Waals surface area contributed by atoms with Crippen LogP contribution < -0.4 is 0 Å². The van der Waals surface area contributed by atoms with E-state index >= 15 is 0 Å². The molecule has 9 heteroatoms.